The molecule has 1 amide bonds. The molecule has 244 valence electrons. The standard InChI is InChI=1S/C38H45NO7/c1-38(2,3)31-20-18-26(17-19-27(21-25-11-5-4-6-12-25)45-37(43)44-24-36(41)42)22-32(31)39-35(40)23-30-28-13-7-9-15-33(28)46-34-16-10-8-14-29(30)34/h7-10,13-16,18,20,22,25,27,30H,4-6,11-12,17,19,21,23-24H2,1-3H3,(H,39,40)(H,41,42). The lowest BCUT2D eigenvalue weighted by Crippen LogP contribution is -2.25. The molecule has 2 aliphatic rings. The number of aliphatic carboxylic acids is 1. The van der Waals surface area contributed by atoms with Gasteiger partial charge in [0.25, 0.3) is 0 Å². The minimum atomic E-state index is -1.22. The van der Waals surface area contributed by atoms with Crippen LogP contribution in [0.5, 0.6) is 11.5 Å². The number of carbonyl (C=O) groups is 3. The minimum Gasteiger partial charge on any atom is -0.479 e. The van der Waals surface area contributed by atoms with Gasteiger partial charge in [-0.1, -0.05) is 101 Å². The fourth-order valence-electron chi connectivity index (χ4n) is 6.76. The third-order valence-corrected chi connectivity index (χ3v) is 9.02. The van der Waals surface area contributed by atoms with Crippen molar-refractivity contribution < 1.29 is 33.7 Å². The zero-order valence-corrected chi connectivity index (χ0v) is 27.1. The first-order valence-electron chi connectivity index (χ1n) is 16.4. The van der Waals surface area contributed by atoms with Gasteiger partial charge in [-0.3, -0.25) is 4.79 Å². The van der Waals surface area contributed by atoms with Gasteiger partial charge in [0.2, 0.25) is 5.91 Å². The Morgan fingerprint density at radius 2 is 1.59 bits per heavy atom. The summed E-state index contributed by atoms with van der Waals surface area (Å²) in [6.45, 7) is 5.65. The van der Waals surface area contributed by atoms with Crippen molar-refractivity contribution >= 4 is 23.7 Å². The van der Waals surface area contributed by atoms with E-state index in [1.807, 2.05) is 54.6 Å². The molecule has 1 heterocycles. The van der Waals surface area contributed by atoms with E-state index in [0.29, 0.717) is 18.8 Å². The molecule has 8 nitrogen and oxygen atoms in total. The highest BCUT2D eigenvalue weighted by Gasteiger charge is 2.30. The summed E-state index contributed by atoms with van der Waals surface area (Å²) in [4.78, 5) is 36.9. The first kappa shape index (κ1) is 33.0. The van der Waals surface area contributed by atoms with Gasteiger partial charge in [0, 0.05) is 29.2 Å². The van der Waals surface area contributed by atoms with E-state index < -0.39 is 24.8 Å². The van der Waals surface area contributed by atoms with Crippen LogP contribution in [-0.2, 0) is 30.9 Å². The first-order chi connectivity index (χ1) is 22.1. The van der Waals surface area contributed by atoms with Gasteiger partial charge < -0.3 is 24.6 Å². The molecule has 0 aromatic heterocycles. The highest BCUT2D eigenvalue weighted by Crippen LogP contribution is 2.45. The summed E-state index contributed by atoms with van der Waals surface area (Å²) >= 11 is 0. The number of nitrogens with one attached hydrogen (secondary N) is 1. The number of ether oxygens (including phenoxy) is 3. The summed E-state index contributed by atoms with van der Waals surface area (Å²) < 4.78 is 16.5. The Balaban J connectivity index is 1.31. The van der Waals surface area contributed by atoms with Crippen LogP contribution in [0.25, 0.3) is 0 Å². The van der Waals surface area contributed by atoms with Crippen LogP contribution in [0.2, 0.25) is 0 Å². The largest absolute Gasteiger partial charge is 0.509 e. The van der Waals surface area contributed by atoms with E-state index in [9.17, 15) is 14.4 Å². The van der Waals surface area contributed by atoms with E-state index in [1.165, 1.54) is 19.3 Å². The summed E-state index contributed by atoms with van der Waals surface area (Å²) in [5, 5.41) is 12.1. The fourth-order valence-corrected chi connectivity index (χ4v) is 6.76. The zero-order valence-electron chi connectivity index (χ0n) is 27.1. The average molecular weight is 628 g/mol. The van der Waals surface area contributed by atoms with Gasteiger partial charge in [0.05, 0.1) is 0 Å². The normalized spacial score (nSPS) is 15.5. The lowest BCUT2D eigenvalue weighted by atomic mass is 9.83. The molecule has 0 radical (unpaired) electrons. The number of hydrogen-bond donors (Lipinski definition) is 2. The quantitative estimate of drug-likeness (QED) is 0.204. The van der Waals surface area contributed by atoms with Crippen LogP contribution < -0.4 is 10.1 Å². The van der Waals surface area contributed by atoms with Gasteiger partial charge in [0.15, 0.2) is 6.61 Å². The number of rotatable bonds is 11. The summed E-state index contributed by atoms with van der Waals surface area (Å²) in [6, 6.07) is 21.9. The van der Waals surface area contributed by atoms with E-state index in [4.69, 9.17) is 19.3 Å². The van der Waals surface area contributed by atoms with Gasteiger partial charge in [-0.2, -0.15) is 0 Å². The van der Waals surface area contributed by atoms with Crippen LogP contribution in [-0.4, -0.2) is 35.8 Å². The number of carbonyl (C=O) groups excluding carboxylic acids is 2. The Labute approximate surface area is 271 Å². The fraction of sp³-hybridized carbons (Fsp3) is 0.447. The number of amides is 1. The van der Waals surface area contributed by atoms with E-state index in [1.54, 1.807) is 0 Å². The molecule has 8 heteroatoms. The van der Waals surface area contributed by atoms with Crippen molar-refractivity contribution in [2.75, 3.05) is 11.9 Å². The number of aryl methyl sites for hydroxylation is 1. The molecule has 1 unspecified atom stereocenters. The Morgan fingerprint density at radius 3 is 2.22 bits per heavy atom. The molecular weight excluding hydrogens is 582 g/mol. The van der Waals surface area contributed by atoms with E-state index in [-0.39, 0.29) is 23.7 Å². The molecule has 0 saturated heterocycles. The van der Waals surface area contributed by atoms with Gasteiger partial charge in [0.1, 0.15) is 17.6 Å². The van der Waals surface area contributed by atoms with Crippen LogP contribution in [0.1, 0.15) is 100 Å². The number of benzene rings is 3. The molecule has 0 bridgehead atoms. The SMILES string of the molecule is CC(C)(C)c1ccc(CCC(CC2CCCCC2)OC(=O)OCC(=O)O)cc1NC(=O)CC1c2ccccc2Oc2ccccc21. The lowest BCUT2D eigenvalue weighted by Gasteiger charge is -2.28. The van der Waals surface area contributed by atoms with Crippen molar-refractivity contribution in [2.24, 2.45) is 5.92 Å². The van der Waals surface area contributed by atoms with Gasteiger partial charge in [-0.25, -0.2) is 9.59 Å². The molecule has 0 spiro atoms. The molecule has 1 fully saturated rings. The van der Waals surface area contributed by atoms with E-state index in [0.717, 1.165) is 58.7 Å². The van der Waals surface area contributed by atoms with Crippen LogP contribution in [0.15, 0.2) is 66.7 Å². The third-order valence-electron chi connectivity index (χ3n) is 9.02. The average Bonchev–Trinajstić information content (AvgIpc) is 3.02. The van der Waals surface area contributed by atoms with Crippen molar-refractivity contribution in [1.82, 2.24) is 0 Å². The predicted molar refractivity (Wildman–Crippen MR) is 177 cm³/mol. The summed E-state index contributed by atoms with van der Waals surface area (Å²) in [5.41, 5.74) is 4.60. The van der Waals surface area contributed by atoms with Crippen LogP contribution >= 0.6 is 0 Å². The van der Waals surface area contributed by atoms with Crippen molar-refractivity contribution in [1.29, 1.82) is 0 Å². The smallest absolute Gasteiger partial charge is 0.479 e. The number of fused-ring (bicyclic) bond motifs is 2. The van der Waals surface area contributed by atoms with Crippen LogP contribution in [0.4, 0.5) is 10.5 Å². The molecule has 5 rings (SSSR count). The number of hydrogen-bond acceptors (Lipinski definition) is 6. The van der Waals surface area contributed by atoms with Crippen molar-refractivity contribution in [3.63, 3.8) is 0 Å². The number of para-hydroxylation sites is 2. The van der Waals surface area contributed by atoms with E-state index in [2.05, 4.69) is 38.2 Å². The van der Waals surface area contributed by atoms with Gasteiger partial charge in [-0.05, 0) is 59.9 Å². The molecular formula is C38H45NO7. The second kappa shape index (κ2) is 14.8. The molecule has 46 heavy (non-hydrogen) atoms. The summed E-state index contributed by atoms with van der Waals surface area (Å²) in [7, 11) is 0. The topological polar surface area (TPSA) is 111 Å². The van der Waals surface area contributed by atoms with Crippen molar-refractivity contribution in [2.45, 2.75) is 96.0 Å². The maximum absolute atomic E-state index is 13.7. The molecule has 1 aliphatic carbocycles. The maximum Gasteiger partial charge on any atom is 0.509 e. The number of carboxylic acids is 1. The third kappa shape index (κ3) is 8.68. The number of carboxylic acid groups (broad SMARTS) is 1. The van der Waals surface area contributed by atoms with Gasteiger partial charge >= 0.3 is 12.1 Å². The predicted octanol–water partition coefficient (Wildman–Crippen LogP) is 8.76. The highest BCUT2D eigenvalue weighted by molar-refractivity contribution is 5.93. The summed E-state index contributed by atoms with van der Waals surface area (Å²) in [6.07, 6.45) is 6.60. The Hall–Kier alpha value is -4.33. The second-order valence-electron chi connectivity index (χ2n) is 13.6. The van der Waals surface area contributed by atoms with Gasteiger partial charge in [-0.15, -0.1) is 0 Å². The molecule has 3 aromatic carbocycles. The molecule has 1 saturated carbocycles. The zero-order chi connectivity index (χ0) is 32.7. The second-order valence-corrected chi connectivity index (χ2v) is 13.6. The molecule has 1 atom stereocenters. The molecule has 3 aromatic rings. The minimum absolute atomic E-state index is 0.0844. The van der Waals surface area contributed by atoms with Crippen molar-refractivity contribution in [3.05, 3.63) is 89.0 Å². The molecule has 1 aliphatic heterocycles. The lowest BCUT2D eigenvalue weighted by molar-refractivity contribution is -0.141. The monoisotopic (exact) mass is 627 g/mol. The van der Waals surface area contributed by atoms with E-state index >= 15 is 0 Å². The first-order valence-corrected chi connectivity index (χ1v) is 16.4. The summed E-state index contributed by atoms with van der Waals surface area (Å²) in [5.74, 6) is 0.561. The Kier molecular flexibility index (Phi) is 10.7. The van der Waals surface area contributed by atoms with Crippen LogP contribution in [0, 0.1) is 5.92 Å². The Morgan fingerprint density at radius 1 is 0.935 bits per heavy atom. The van der Waals surface area contributed by atoms with Crippen molar-refractivity contribution in [3.8, 4) is 11.5 Å². The van der Waals surface area contributed by atoms with Crippen LogP contribution in [0.3, 0.4) is 0 Å². The Bertz CT molecular complexity index is 1490. The maximum atomic E-state index is 13.7. The molecule has 2 N–H and O–H groups in total. The highest BCUT2D eigenvalue weighted by atomic mass is 16.7. The number of anilines is 1.